The summed E-state index contributed by atoms with van der Waals surface area (Å²) in [4.78, 5) is 21.7. The molecule has 22 heavy (non-hydrogen) atoms. The molecule has 0 unspecified atom stereocenters. The number of hydrogen-bond acceptors (Lipinski definition) is 2. The van der Waals surface area contributed by atoms with E-state index < -0.39 is 11.9 Å². The van der Waals surface area contributed by atoms with Crippen LogP contribution in [0.1, 0.15) is 45.7 Å². The Bertz CT molecular complexity index is 672. The SMILES string of the molecule is CC(=C(C)c1ccc(C(=O)O)cc1)c1ccc(C(=O)O)cc1. The van der Waals surface area contributed by atoms with Crippen LogP contribution < -0.4 is 0 Å². The van der Waals surface area contributed by atoms with Gasteiger partial charge in [-0.25, -0.2) is 9.59 Å². The van der Waals surface area contributed by atoms with Crippen molar-refractivity contribution >= 4 is 23.1 Å². The maximum atomic E-state index is 10.9. The van der Waals surface area contributed by atoms with Crippen molar-refractivity contribution in [3.05, 3.63) is 70.8 Å². The Labute approximate surface area is 128 Å². The minimum atomic E-state index is -0.950. The molecule has 0 aliphatic rings. The molecule has 0 aliphatic heterocycles. The van der Waals surface area contributed by atoms with Gasteiger partial charge in [0.2, 0.25) is 0 Å². The van der Waals surface area contributed by atoms with Gasteiger partial charge < -0.3 is 10.2 Å². The van der Waals surface area contributed by atoms with Gasteiger partial charge in [0.05, 0.1) is 11.1 Å². The van der Waals surface area contributed by atoms with Gasteiger partial charge >= 0.3 is 11.9 Å². The molecular weight excluding hydrogens is 280 g/mol. The number of hydrogen-bond donors (Lipinski definition) is 2. The van der Waals surface area contributed by atoms with E-state index in [2.05, 4.69) is 0 Å². The fraction of sp³-hybridized carbons (Fsp3) is 0.111. The number of carboxylic acid groups (broad SMARTS) is 2. The lowest BCUT2D eigenvalue weighted by Gasteiger charge is -2.09. The third kappa shape index (κ3) is 3.23. The summed E-state index contributed by atoms with van der Waals surface area (Å²) in [6, 6.07) is 13.4. The lowest BCUT2D eigenvalue weighted by atomic mass is 9.96. The van der Waals surface area contributed by atoms with E-state index >= 15 is 0 Å². The first-order chi connectivity index (χ1) is 10.4. The van der Waals surface area contributed by atoms with Crippen molar-refractivity contribution < 1.29 is 19.8 Å². The van der Waals surface area contributed by atoms with Crippen molar-refractivity contribution in [2.45, 2.75) is 13.8 Å². The van der Waals surface area contributed by atoms with Crippen LogP contribution in [0.3, 0.4) is 0 Å². The van der Waals surface area contributed by atoms with Crippen molar-refractivity contribution in [1.82, 2.24) is 0 Å². The summed E-state index contributed by atoms with van der Waals surface area (Å²) >= 11 is 0. The highest BCUT2D eigenvalue weighted by molar-refractivity contribution is 5.92. The van der Waals surface area contributed by atoms with Crippen molar-refractivity contribution in [3.63, 3.8) is 0 Å². The molecule has 4 heteroatoms. The first-order valence-electron chi connectivity index (χ1n) is 6.75. The van der Waals surface area contributed by atoms with E-state index in [0.717, 1.165) is 22.3 Å². The summed E-state index contributed by atoms with van der Waals surface area (Å²) in [5, 5.41) is 17.8. The molecule has 0 saturated heterocycles. The second-order valence-corrected chi connectivity index (χ2v) is 5.02. The molecule has 2 rings (SSSR count). The largest absolute Gasteiger partial charge is 0.478 e. The summed E-state index contributed by atoms with van der Waals surface area (Å²) < 4.78 is 0. The van der Waals surface area contributed by atoms with Crippen LogP contribution in [-0.2, 0) is 0 Å². The molecule has 112 valence electrons. The lowest BCUT2D eigenvalue weighted by Crippen LogP contribution is -1.97. The third-order valence-electron chi connectivity index (χ3n) is 3.69. The molecule has 0 heterocycles. The van der Waals surface area contributed by atoms with Crippen molar-refractivity contribution in [2.75, 3.05) is 0 Å². The van der Waals surface area contributed by atoms with Crippen LogP contribution in [0.4, 0.5) is 0 Å². The number of rotatable bonds is 4. The van der Waals surface area contributed by atoms with Crippen LogP contribution in [0, 0.1) is 0 Å². The Morgan fingerprint density at radius 2 is 0.818 bits per heavy atom. The zero-order chi connectivity index (χ0) is 16.3. The van der Waals surface area contributed by atoms with Crippen molar-refractivity contribution in [3.8, 4) is 0 Å². The molecule has 0 amide bonds. The molecule has 4 nitrogen and oxygen atoms in total. The summed E-state index contributed by atoms with van der Waals surface area (Å²) in [5.74, 6) is -1.90. The van der Waals surface area contributed by atoms with Crippen molar-refractivity contribution in [2.24, 2.45) is 0 Å². The average Bonchev–Trinajstić information content (AvgIpc) is 2.53. The van der Waals surface area contributed by atoms with Gasteiger partial charge in [-0.3, -0.25) is 0 Å². The fourth-order valence-electron chi connectivity index (χ4n) is 2.16. The molecule has 0 radical (unpaired) electrons. The minimum absolute atomic E-state index is 0.250. The normalized spacial score (nSPS) is 11.7. The average molecular weight is 296 g/mol. The van der Waals surface area contributed by atoms with E-state index in [1.165, 1.54) is 0 Å². The summed E-state index contributed by atoms with van der Waals surface area (Å²) in [6.07, 6.45) is 0. The highest BCUT2D eigenvalue weighted by Gasteiger charge is 2.07. The van der Waals surface area contributed by atoms with Gasteiger partial charge in [-0.05, 0) is 60.4 Å². The minimum Gasteiger partial charge on any atom is -0.478 e. The molecule has 0 saturated carbocycles. The smallest absolute Gasteiger partial charge is 0.335 e. The van der Waals surface area contributed by atoms with Crippen LogP contribution in [0.5, 0.6) is 0 Å². The van der Waals surface area contributed by atoms with Gasteiger partial charge in [0.15, 0.2) is 0 Å². The molecule has 2 aromatic rings. The van der Waals surface area contributed by atoms with Crippen LogP contribution in [0.25, 0.3) is 11.1 Å². The maximum Gasteiger partial charge on any atom is 0.335 e. The topological polar surface area (TPSA) is 74.6 Å². The number of carbonyl (C=O) groups is 2. The van der Waals surface area contributed by atoms with Crippen molar-refractivity contribution in [1.29, 1.82) is 0 Å². The molecular formula is C18H16O4. The van der Waals surface area contributed by atoms with Gasteiger partial charge in [-0.15, -0.1) is 0 Å². The van der Waals surface area contributed by atoms with Gasteiger partial charge in [0.1, 0.15) is 0 Å². The quantitative estimate of drug-likeness (QED) is 0.835. The van der Waals surface area contributed by atoms with E-state index in [9.17, 15) is 9.59 Å². The second-order valence-electron chi connectivity index (χ2n) is 5.02. The molecule has 0 fully saturated rings. The zero-order valence-corrected chi connectivity index (χ0v) is 12.3. The monoisotopic (exact) mass is 296 g/mol. The maximum absolute atomic E-state index is 10.9. The molecule has 0 atom stereocenters. The van der Waals surface area contributed by atoms with E-state index in [4.69, 9.17) is 10.2 Å². The third-order valence-corrected chi connectivity index (χ3v) is 3.69. The Morgan fingerprint density at radius 1 is 0.591 bits per heavy atom. The second kappa shape index (κ2) is 6.26. The Kier molecular flexibility index (Phi) is 4.41. The first kappa shape index (κ1) is 15.5. The molecule has 2 aromatic carbocycles. The van der Waals surface area contributed by atoms with Crippen LogP contribution in [0.15, 0.2) is 48.5 Å². The first-order valence-corrected chi connectivity index (χ1v) is 6.75. The summed E-state index contributed by atoms with van der Waals surface area (Å²) in [5.41, 5.74) is 4.40. The predicted molar refractivity (Wildman–Crippen MR) is 85.0 cm³/mol. The number of allylic oxidation sites excluding steroid dienone is 2. The van der Waals surface area contributed by atoms with E-state index in [-0.39, 0.29) is 11.1 Å². The van der Waals surface area contributed by atoms with Gasteiger partial charge in [-0.2, -0.15) is 0 Å². The summed E-state index contributed by atoms with van der Waals surface area (Å²) in [7, 11) is 0. The van der Waals surface area contributed by atoms with Gasteiger partial charge in [0.25, 0.3) is 0 Å². The molecule has 0 aliphatic carbocycles. The van der Waals surface area contributed by atoms with Crippen LogP contribution in [0.2, 0.25) is 0 Å². The molecule has 0 spiro atoms. The van der Waals surface area contributed by atoms with Crippen LogP contribution in [-0.4, -0.2) is 22.2 Å². The molecule has 2 N–H and O–H groups in total. The zero-order valence-electron chi connectivity index (χ0n) is 12.3. The highest BCUT2D eigenvalue weighted by Crippen LogP contribution is 2.26. The molecule has 0 bridgehead atoms. The van der Waals surface area contributed by atoms with E-state index in [1.807, 2.05) is 13.8 Å². The highest BCUT2D eigenvalue weighted by atomic mass is 16.4. The standard InChI is InChI=1S/C18H16O4/c1-11(13-3-7-15(8-4-13)17(19)20)12(2)14-5-9-16(10-6-14)18(21)22/h3-10H,1-2H3,(H,19,20)(H,21,22). The Hall–Kier alpha value is -2.88. The molecule has 0 aromatic heterocycles. The predicted octanol–water partition coefficient (Wildman–Crippen LogP) is 4.03. The number of aromatic carboxylic acids is 2. The fourth-order valence-corrected chi connectivity index (χ4v) is 2.16. The van der Waals surface area contributed by atoms with Gasteiger partial charge in [0, 0.05) is 0 Å². The number of benzene rings is 2. The number of carboxylic acids is 2. The Morgan fingerprint density at radius 3 is 1.05 bits per heavy atom. The Balaban J connectivity index is 2.35. The van der Waals surface area contributed by atoms with E-state index in [1.54, 1.807) is 48.5 Å². The summed E-state index contributed by atoms with van der Waals surface area (Å²) in [6.45, 7) is 3.91. The van der Waals surface area contributed by atoms with E-state index in [0.29, 0.717) is 0 Å². The lowest BCUT2D eigenvalue weighted by molar-refractivity contribution is 0.0686. The van der Waals surface area contributed by atoms with Crippen LogP contribution >= 0.6 is 0 Å². The van der Waals surface area contributed by atoms with Gasteiger partial charge in [-0.1, -0.05) is 24.3 Å².